The van der Waals surface area contributed by atoms with Crippen LogP contribution in [0.3, 0.4) is 0 Å². The van der Waals surface area contributed by atoms with Gasteiger partial charge in [0.15, 0.2) is 0 Å². The Morgan fingerprint density at radius 3 is 3.00 bits per heavy atom. The molecule has 1 aliphatic heterocycles. The van der Waals surface area contributed by atoms with Crippen LogP contribution < -0.4 is 0 Å². The fraction of sp³-hybridized carbons (Fsp3) is 1.00. The van der Waals surface area contributed by atoms with Crippen LogP contribution in [0.2, 0.25) is 5.54 Å². The van der Waals surface area contributed by atoms with Crippen molar-refractivity contribution in [2.45, 2.75) is 18.6 Å². The largest absolute Gasteiger partial charge is 0.420 e. The van der Waals surface area contributed by atoms with Crippen LogP contribution in [0, 0.1) is 0 Å². The smallest absolute Gasteiger partial charge is 0.234 e. The predicted octanol–water partition coefficient (Wildman–Crippen LogP) is 0.476. The second-order valence-electron chi connectivity index (χ2n) is 2.72. The molecule has 0 aromatic carbocycles. The molecule has 0 aromatic heterocycles. The van der Waals surface area contributed by atoms with Gasteiger partial charge in [0.25, 0.3) is 0 Å². The summed E-state index contributed by atoms with van der Waals surface area (Å²) in [5.41, 5.74) is 0.513. The number of hydrogen-bond donors (Lipinski definition) is 0. The number of ether oxygens (including phenoxy) is 2. The highest BCUT2D eigenvalue weighted by molar-refractivity contribution is 6.29. The topological polar surface area (TPSA) is 31.0 Å². The van der Waals surface area contributed by atoms with E-state index in [1.165, 1.54) is 0 Å². The van der Waals surface area contributed by atoms with Gasteiger partial charge in [-0.05, 0) is 5.54 Å². The van der Waals surface area contributed by atoms with Crippen molar-refractivity contribution in [3.63, 3.8) is 0 Å². The highest BCUT2D eigenvalue weighted by Gasteiger charge is 2.22. The molecule has 1 saturated heterocycles. The van der Waals surface area contributed by atoms with Crippen LogP contribution in [0.15, 0.2) is 0 Å². The zero-order valence-corrected chi connectivity index (χ0v) is 8.00. The molecule has 2 unspecified atom stereocenters. The van der Waals surface area contributed by atoms with E-state index in [0.29, 0.717) is 21.4 Å². The molecule has 0 amide bonds. The molecule has 4 heteroatoms. The van der Waals surface area contributed by atoms with E-state index < -0.39 is 0 Å². The van der Waals surface area contributed by atoms with Crippen molar-refractivity contribution in [2.75, 3.05) is 26.9 Å². The van der Waals surface area contributed by atoms with Gasteiger partial charge < -0.3 is 13.9 Å². The van der Waals surface area contributed by atoms with E-state index in [4.69, 9.17) is 13.9 Å². The first kappa shape index (κ1) is 9.19. The summed E-state index contributed by atoms with van der Waals surface area (Å²) in [6, 6.07) is 0. The third kappa shape index (κ3) is 4.52. The van der Waals surface area contributed by atoms with Crippen LogP contribution in [0.25, 0.3) is 0 Å². The zero-order chi connectivity index (χ0) is 8.10. The molecule has 3 nitrogen and oxygen atoms in total. The van der Waals surface area contributed by atoms with Gasteiger partial charge >= 0.3 is 0 Å². The van der Waals surface area contributed by atoms with Crippen molar-refractivity contribution in [1.82, 2.24) is 0 Å². The Hall–Kier alpha value is 0.0969. The fourth-order valence-corrected chi connectivity index (χ4v) is 1.36. The van der Waals surface area contributed by atoms with E-state index in [1.807, 2.05) is 0 Å². The molecular formula is C7H14O3Si. The summed E-state index contributed by atoms with van der Waals surface area (Å²) >= 11 is 0. The first-order valence-corrected chi connectivity index (χ1v) is 4.79. The van der Waals surface area contributed by atoms with Crippen LogP contribution in [0.1, 0.15) is 6.92 Å². The molecule has 0 aromatic rings. The van der Waals surface area contributed by atoms with Gasteiger partial charge in [0.2, 0.25) is 9.76 Å². The van der Waals surface area contributed by atoms with Gasteiger partial charge in [-0.25, -0.2) is 0 Å². The maximum absolute atomic E-state index is 5.37. The summed E-state index contributed by atoms with van der Waals surface area (Å²) in [7, 11) is 2.27. The average molecular weight is 174 g/mol. The standard InChI is InChI=1S/C7H14O3Si/c1-6(11-8-2)3-9-4-7-5-10-7/h6-7H,3-5H2,1-2H3. The maximum atomic E-state index is 5.37. The molecule has 2 radical (unpaired) electrons. The number of epoxide rings is 1. The van der Waals surface area contributed by atoms with E-state index in [1.54, 1.807) is 7.11 Å². The van der Waals surface area contributed by atoms with Crippen LogP contribution in [-0.2, 0) is 13.9 Å². The van der Waals surface area contributed by atoms with Gasteiger partial charge in [-0.3, -0.25) is 0 Å². The molecule has 0 bridgehead atoms. The Labute approximate surface area is 70.0 Å². The Bertz CT molecular complexity index is 106. The SMILES string of the molecule is CO[Si]C(C)COCC1CO1. The Morgan fingerprint density at radius 2 is 2.45 bits per heavy atom. The Morgan fingerprint density at radius 1 is 1.73 bits per heavy atom. The third-order valence-electron chi connectivity index (χ3n) is 1.39. The molecule has 0 N–H and O–H groups in total. The summed E-state index contributed by atoms with van der Waals surface area (Å²) in [6.45, 7) is 4.53. The van der Waals surface area contributed by atoms with E-state index in [9.17, 15) is 0 Å². The maximum Gasteiger partial charge on any atom is 0.234 e. The fourth-order valence-electron chi connectivity index (χ4n) is 0.776. The van der Waals surface area contributed by atoms with Gasteiger partial charge in [-0.1, -0.05) is 6.92 Å². The highest BCUT2D eigenvalue weighted by atomic mass is 28.2. The van der Waals surface area contributed by atoms with Crippen LogP contribution in [-0.4, -0.2) is 42.8 Å². The molecule has 11 heavy (non-hydrogen) atoms. The lowest BCUT2D eigenvalue weighted by molar-refractivity contribution is 0.115. The average Bonchev–Trinajstić information content (AvgIpc) is 2.72. The Kier molecular flexibility index (Phi) is 4.07. The van der Waals surface area contributed by atoms with Gasteiger partial charge in [-0.2, -0.15) is 0 Å². The summed E-state index contributed by atoms with van der Waals surface area (Å²) in [5, 5.41) is 0. The minimum absolute atomic E-state index is 0.382. The second kappa shape index (κ2) is 4.87. The third-order valence-corrected chi connectivity index (χ3v) is 2.20. The highest BCUT2D eigenvalue weighted by Crippen LogP contribution is 2.10. The molecule has 1 rings (SSSR count). The molecule has 2 atom stereocenters. The summed E-state index contributed by atoms with van der Waals surface area (Å²) < 4.78 is 15.4. The van der Waals surface area contributed by atoms with Crippen molar-refractivity contribution >= 4 is 9.76 Å². The Balaban J connectivity index is 1.84. The van der Waals surface area contributed by atoms with Gasteiger partial charge in [0.05, 0.1) is 13.2 Å². The molecule has 1 heterocycles. The molecule has 1 aliphatic rings. The molecular weight excluding hydrogens is 160 g/mol. The normalized spacial score (nSPS) is 25.1. The summed E-state index contributed by atoms with van der Waals surface area (Å²) in [5.74, 6) is 0. The zero-order valence-electron chi connectivity index (χ0n) is 7.00. The number of rotatable bonds is 6. The quantitative estimate of drug-likeness (QED) is 0.433. The van der Waals surface area contributed by atoms with E-state index in [-0.39, 0.29) is 0 Å². The van der Waals surface area contributed by atoms with Crippen molar-refractivity contribution < 1.29 is 13.9 Å². The molecule has 1 fully saturated rings. The lowest BCUT2D eigenvalue weighted by Crippen LogP contribution is -2.12. The van der Waals surface area contributed by atoms with E-state index in [2.05, 4.69) is 6.92 Å². The van der Waals surface area contributed by atoms with Crippen molar-refractivity contribution in [3.8, 4) is 0 Å². The number of hydrogen-bond acceptors (Lipinski definition) is 3. The molecule has 0 saturated carbocycles. The van der Waals surface area contributed by atoms with Gasteiger partial charge in [0.1, 0.15) is 6.10 Å². The molecule has 0 spiro atoms. The van der Waals surface area contributed by atoms with Crippen LogP contribution in [0.4, 0.5) is 0 Å². The first-order chi connectivity index (χ1) is 5.33. The van der Waals surface area contributed by atoms with Gasteiger partial charge in [0, 0.05) is 13.7 Å². The molecule has 64 valence electrons. The van der Waals surface area contributed by atoms with Crippen LogP contribution in [0.5, 0.6) is 0 Å². The summed E-state index contributed by atoms with van der Waals surface area (Å²) in [4.78, 5) is 0. The van der Waals surface area contributed by atoms with E-state index in [0.717, 1.165) is 19.8 Å². The predicted molar refractivity (Wildman–Crippen MR) is 42.7 cm³/mol. The summed E-state index contributed by atoms with van der Waals surface area (Å²) in [6.07, 6.45) is 0.382. The monoisotopic (exact) mass is 174 g/mol. The second-order valence-corrected chi connectivity index (χ2v) is 4.35. The lowest BCUT2D eigenvalue weighted by atomic mass is 10.5. The van der Waals surface area contributed by atoms with Gasteiger partial charge in [-0.15, -0.1) is 0 Å². The van der Waals surface area contributed by atoms with Crippen molar-refractivity contribution in [3.05, 3.63) is 0 Å². The molecule has 0 aliphatic carbocycles. The first-order valence-electron chi connectivity index (χ1n) is 3.80. The minimum atomic E-state index is 0.382. The lowest BCUT2D eigenvalue weighted by Gasteiger charge is -2.07. The minimum Gasteiger partial charge on any atom is -0.420 e. The van der Waals surface area contributed by atoms with E-state index >= 15 is 0 Å². The van der Waals surface area contributed by atoms with Crippen molar-refractivity contribution in [1.29, 1.82) is 0 Å². The van der Waals surface area contributed by atoms with Crippen molar-refractivity contribution in [2.24, 2.45) is 0 Å². The van der Waals surface area contributed by atoms with Crippen LogP contribution >= 0.6 is 0 Å².